The number of amides is 1. The third-order valence-corrected chi connectivity index (χ3v) is 4.98. The molecule has 1 heterocycles. The molecule has 0 aliphatic heterocycles. The number of hydrogen-bond donors (Lipinski definition) is 2. The molecule has 1 saturated carbocycles. The molecule has 0 atom stereocenters. The summed E-state index contributed by atoms with van der Waals surface area (Å²) >= 11 is 0. The molecule has 0 spiro atoms. The topological polar surface area (TPSA) is 54.3 Å². The molecule has 0 unspecified atom stereocenters. The number of hydrogen-bond acceptors (Lipinski definition) is 2. The minimum absolute atomic E-state index is 0.00608. The van der Waals surface area contributed by atoms with Crippen molar-refractivity contribution >= 4 is 30.1 Å². The fraction of sp³-hybridized carbons (Fsp3) is 0.500. The number of fused-ring (bicyclic) bond motifs is 1. The lowest BCUT2D eigenvalue weighted by Gasteiger charge is -2.21. The van der Waals surface area contributed by atoms with E-state index in [1.165, 1.54) is 32.1 Å². The van der Waals surface area contributed by atoms with Crippen LogP contribution in [-0.4, -0.2) is 36.6 Å². The average molecular weight is 312 g/mol. The largest absolute Gasteiger partial charge is 0.395 e. The lowest BCUT2D eigenvalue weighted by atomic mass is 9.89. The second-order valence-corrected chi connectivity index (χ2v) is 6.64. The number of benzene rings is 1. The molecule has 4 nitrogen and oxygen atoms in total. The third kappa shape index (κ3) is 3.45. The van der Waals surface area contributed by atoms with Crippen LogP contribution in [0.2, 0.25) is 0 Å². The summed E-state index contributed by atoms with van der Waals surface area (Å²) in [6, 6.07) is 6.04. The lowest BCUT2D eigenvalue weighted by Crippen LogP contribution is -2.30. The van der Waals surface area contributed by atoms with E-state index in [1.54, 1.807) is 0 Å². The van der Waals surface area contributed by atoms with Crippen LogP contribution in [0.5, 0.6) is 0 Å². The van der Waals surface area contributed by atoms with Crippen molar-refractivity contribution in [2.75, 3.05) is 13.2 Å². The van der Waals surface area contributed by atoms with Crippen molar-refractivity contribution < 1.29 is 9.90 Å². The molecule has 5 heteroatoms. The van der Waals surface area contributed by atoms with Gasteiger partial charge in [0.15, 0.2) is 0 Å². The van der Waals surface area contributed by atoms with E-state index in [2.05, 4.69) is 5.32 Å². The Morgan fingerprint density at radius 3 is 2.83 bits per heavy atom. The molecule has 1 amide bonds. The summed E-state index contributed by atoms with van der Waals surface area (Å²) in [6.07, 6.45) is 8.24. The number of aliphatic hydroxyl groups is 1. The van der Waals surface area contributed by atoms with E-state index in [-0.39, 0.29) is 12.5 Å². The Balaban J connectivity index is 1.81. The molecule has 1 aromatic carbocycles. The highest BCUT2D eigenvalue weighted by molar-refractivity contribution is 6.40. The summed E-state index contributed by atoms with van der Waals surface area (Å²) in [6.45, 7) is 1.36. The van der Waals surface area contributed by atoms with Gasteiger partial charge in [-0.05, 0) is 24.8 Å². The van der Waals surface area contributed by atoms with Crippen LogP contribution in [0.1, 0.15) is 42.5 Å². The van der Waals surface area contributed by atoms with Gasteiger partial charge in [-0.3, -0.25) is 4.79 Å². The molecular formula is C18H25BN2O2. The van der Waals surface area contributed by atoms with Crippen LogP contribution in [-0.2, 0) is 6.54 Å². The van der Waals surface area contributed by atoms with Crippen LogP contribution < -0.4 is 10.8 Å². The molecule has 1 aliphatic carbocycles. The van der Waals surface area contributed by atoms with Crippen LogP contribution in [0.15, 0.2) is 24.4 Å². The first kappa shape index (κ1) is 16.1. The van der Waals surface area contributed by atoms with Crippen LogP contribution in [0, 0.1) is 5.92 Å². The second kappa shape index (κ2) is 7.22. The number of carbonyl (C=O) groups excluding carboxylic acids is 1. The number of nitrogens with zero attached hydrogens (tertiary/aromatic N) is 1. The van der Waals surface area contributed by atoms with Crippen molar-refractivity contribution in [1.82, 2.24) is 9.88 Å². The standard InChI is InChI=1S/C18H25BN2O2/c19-15-7-4-8-16-17(15)14(12-21(16)9-10-22)18(23)20-11-13-5-2-1-3-6-13/h4,7-8,12-13,22H,1-3,5-6,9-11,19H2,(H,20,23). The molecule has 0 saturated heterocycles. The van der Waals surface area contributed by atoms with Crippen molar-refractivity contribution in [3.8, 4) is 0 Å². The summed E-state index contributed by atoms with van der Waals surface area (Å²) in [7, 11) is 2.03. The van der Waals surface area contributed by atoms with Crippen LogP contribution >= 0.6 is 0 Å². The first-order valence-electron chi connectivity index (χ1n) is 8.68. The summed E-state index contributed by atoms with van der Waals surface area (Å²) in [5.74, 6) is 0.631. The number of nitrogens with one attached hydrogen (secondary N) is 1. The fourth-order valence-electron chi connectivity index (χ4n) is 3.72. The van der Waals surface area contributed by atoms with E-state index in [4.69, 9.17) is 0 Å². The molecule has 2 N–H and O–H groups in total. The molecule has 0 radical (unpaired) electrons. The van der Waals surface area contributed by atoms with Gasteiger partial charge in [0.1, 0.15) is 7.85 Å². The lowest BCUT2D eigenvalue weighted by molar-refractivity contribution is 0.0945. The van der Waals surface area contributed by atoms with Crippen LogP contribution in [0.3, 0.4) is 0 Å². The highest BCUT2D eigenvalue weighted by atomic mass is 16.3. The zero-order chi connectivity index (χ0) is 16.2. The monoisotopic (exact) mass is 312 g/mol. The van der Waals surface area contributed by atoms with Gasteiger partial charge in [-0.2, -0.15) is 0 Å². The maximum absolute atomic E-state index is 12.7. The number of rotatable bonds is 5. The summed E-state index contributed by atoms with van der Waals surface area (Å²) < 4.78 is 1.97. The van der Waals surface area contributed by atoms with Crippen LogP contribution in [0.4, 0.5) is 0 Å². The summed E-state index contributed by atoms with van der Waals surface area (Å²) in [5, 5.41) is 13.4. The van der Waals surface area contributed by atoms with E-state index < -0.39 is 0 Å². The Morgan fingerprint density at radius 2 is 2.09 bits per heavy atom. The maximum atomic E-state index is 12.7. The highest BCUT2D eigenvalue weighted by Crippen LogP contribution is 2.23. The van der Waals surface area contributed by atoms with E-state index in [9.17, 15) is 9.90 Å². The van der Waals surface area contributed by atoms with E-state index >= 15 is 0 Å². The van der Waals surface area contributed by atoms with Gasteiger partial charge in [0.05, 0.1) is 12.2 Å². The SMILES string of the molecule is Bc1cccc2c1c(C(=O)NCC1CCCCC1)cn2CCO. The molecule has 23 heavy (non-hydrogen) atoms. The second-order valence-electron chi connectivity index (χ2n) is 6.64. The molecule has 3 rings (SSSR count). The predicted octanol–water partition coefficient (Wildman–Crippen LogP) is 1.20. The van der Waals surface area contributed by atoms with Gasteiger partial charge in [0.2, 0.25) is 0 Å². The Bertz CT molecular complexity index is 690. The van der Waals surface area contributed by atoms with Crippen LogP contribution in [0.25, 0.3) is 10.9 Å². The first-order valence-corrected chi connectivity index (χ1v) is 8.68. The molecule has 1 aliphatic rings. The molecule has 2 aromatic rings. The fourth-order valence-corrected chi connectivity index (χ4v) is 3.72. The Hall–Kier alpha value is -1.75. The molecule has 0 bridgehead atoms. The zero-order valence-corrected chi connectivity index (χ0v) is 13.8. The molecule has 1 aromatic heterocycles. The quantitative estimate of drug-likeness (QED) is 0.815. The van der Waals surface area contributed by atoms with Crippen molar-refractivity contribution in [2.24, 2.45) is 5.92 Å². The van der Waals surface area contributed by atoms with Gasteiger partial charge >= 0.3 is 0 Å². The molecule has 122 valence electrons. The number of carbonyl (C=O) groups is 1. The third-order valence-electron chi connectivity index (χ3n) is 4.98. The number of aromatic nitrogens is 1. The van der Waals surface area contributed by atoms with Crippen molar-refractivity contribution in [3.05, 3.63) is 30.0 Å². The van der Waals surface area contributed by atoms with Crippen molar-refractivity contribution in [1.29, 1.82) is 0 Å². The van der Waals surface area contributed by atoms with Gasteiger partial charge in [0.25, 0.3) is 5.91 Å². The summed E-state index contributed by atoms with van der Waals surface area (Å²) in [4.78, 5) is 12.7. The van der Waals surface area contributed by atoms with Crippen molar-refractivity contribution in [3.63, 3.8) is 0 Å². The molecule has 1 fully saturated rings. The Morgan fingerprint density at radius 1 is 1.30 bits per heavy atom. The Kier molecular flexibility index (Phi) is 5.06. The average Bonchev–Trinajstić information content (AvgIpc) is 2.94. The normalized spacial score (nSPS) is 15.9. The minimum Gasteiger partial charge on any atom is -0.395 e. The maximum Gasteiger partial charge on any atom is 0.253 e. The first-order chi connectivity index (χ1) is 11.2. The predicted molar refractivity (Wildman–Crippen MR) is 96.1 cm³/mol. The van der Waals surface area contributed by atoms with Gasteiger partial charge in [-0.25, -0.2) is 0 Å². The van der Waals surface area contributed by atoms with Gasteiger partial charge in [-0.1, -0.05) is 36.9 Å². The van der Waals surface area contributed by atoms with E-state index in [1.807, 2.05) is 36.8 Å². The van der Waals surface area contributed by atoms with E-state index in [0.717, 1.165) is 28.5 Å². The number of aliphatic hydroxyl groups excluding tert-OH is 1. The smallest absolute Gasteiger partial charge is 0.253 e. The van der Waals surface area contributed by atoms with Crippen molar-refractivity contribution in [2.45, 2.75) is 38.6 Å². The van der Waals surface area contributed by atoms with Gasteiger partial charge in [0, 0.05) is 30.2 Å². The minimum atomic E-state index is 0.00608. The van der Waals surface area contributed by atoms with E-state index in [0.29, 0.717) is 12.5 Å². The molecular weight excluding hydrogens is 287 g/mol. The Labute approximate surface area is 138 Å². The van der Waals surface area contributed by atoms with Gasteiger partial charge in [-0.15, -0.1) is 0 Å². The highest BCUT2D eigenvalue weighted by Gasteiger charge is 2.18. The van der Waals surface area contributed by atoms with Gasteiger partial charge < -0.3 is 15.0 Å². The summed E-state index contributed by atoms with van der Waals surface area (Å²) in [5.41, 5.74) is 2.84. The zero-order valence-electron chi connectivity index (χ0n) is 13.8.